The fourth-order valence-electron chi connectivity index (χ4n) is 2.32. The molecule has 0 aliphatic carbocycles. The lowest BCUT2D eigenvalue weighted by Gasteiger charge is -2.12. The van der Waals surface area contributed by atoms with Crippen molar-refractivity contribution in [3.8, 4) is 5.75 Å². The van der Waals surface area contributed by atoms with Gasteiger partial charge in [0.05, 0.1) is 20.7 Å². The van der Waals surface area contributed by atoms with Gasteiger partial charge in [-0.1, -0.05) is 12.1 Å². The smallest absolute Gasteiger partial charge is 0.349 e. The average Bonchev–Trinajstić information content (AvgIpc) is 2.63. The van der Waals surface area contributed by atoms with Crippen LogP contribution in [0.2, 0.25) is 0 Å². The van der Waals surface area contributed by atoms with Crippen molar-refractivity contribution in [3.05, 3.63) is 72.4 Å². The number of hydrogen-bond donors (Lipinski definition) is 2. The SMILES string of the molecule is C[C@@H](Oc1ccc(C=Nn2c(=O)[nH]c3ccccc3c2=O)cc1I)C(=O)O. The van der Waals surface area contributed by atoms with E-state index in [4.69, 9.17) is 9.84 Å². The molecule has 8 nitrogen and oxygen atoms in total. The summed E-state index contributed by atoms with van der Waals surface area (Å²) in [4.78, 5) is 38.0. The van der Waals surface area contributed by atoms with Crippen molar-refractivity contribution >= 4 is 45.7 Å². The van der Waals surface area contributed by atoms with Gasteiger partial charge in [0.1, 0.15) is 5.75 Å². The highest BCUT2D eigenvalue weighted by Gasteiger charge is 2.14. The van der Waals surface area contributed by atoms with Gasteiger partial charge in [0.15, 0.2) is 6.10 Å². The molecule has 1 heterocycles. The van der Waals surface area contributed by atoms with Crippen LogP contribution in [-0.4, -0.2) is 33.1 Å². The molecule has 138 valence electrons. The highest BCUT2D eigenvalue weighted by molar-refractivity contribution is 14.1. The molecule has 0 amide bonds. The molecule has 3 rings (SSSR count). The number of aromatic amines is 1. The van der Waals surface area contributed by atoms with E-state index >= 15 is 0 Å². The fraction of sp³-hybridized carbons (Fsp3) is 0.111. The molecule has 9 heteroatoms. The average molecular weight is 479 g/mol. The quantitative estimate of drug-likeness (QED) is 0.430. The molecule has 0 fully saturated rings. The molecular formula is C18H14IN3O5. The first-order valence-electron chi connectivity index (χ1n) is 7.84. The monoisotopic (exact) mass is 479 g/mol. The number of carboxylic acids is 1. The predicted molar refractivity (Wildman–Crippen MR) is 109 cm³/mol. The first-order valence-corrected chi connectivity index (χ1v) is 8.92. The van der Waals surface area contributed by atoms with Gasteiger partial charge in [0, 0.05) is 0 Å². The zero-order chi connectivity index (χ0) is 19.6. The molecule has 2 N–H and O–H groups in total. The van der Waals surface area contributed by atoms with Gasteiger partial charge >= 0.3 is 11.7 Å². The minimum absolute atomic E-state index is 0.357. The Morgan fingerprint density at radius 3 is 2.74 bits per heavy atom. The van der Waals surface area contributed by atoms with E-state index in [0.29, 0.717) is 25.8 Å². The molecule has 0 bridgehead atoms. The van der Waals surface area contributed by atoms with Gasteiger partial charge in [-0.15, -0.1) is 4.68 Å². The Morgan fingerprint density at radius 1 is 1.30 bits per heavy atom. The zero-order valence-electron chi connectivity index (χ0n) is 14.0. The standard InChI is InChI=1S/C18H14IN3O5/c1-10(17(24)25)27-15-7-6-11(8-13(15)19)9-20-22-16(23)12-4-2-3-5-14(12)21-18(22)26/h2-10H,1H3,(H,21,26)(H,24,25)/t10-/m1/s1. The van der Waals surface area contributed by atoms with Crippen LogP contribution in [0.1, 0.15) is 12.5 Å². The van der Waals surface area contributed by atoms with Gasteiger partial charge in [-0.25, -0.2) is 9.59 Å². The van der Waals surface area contributed by atoms with Gasteiger partial charge < -0.3 is 14.8 Å². The first kappa shape index (κ1) is 18.8. The molecule has 0 radical (unpaired) electrons. The normalized spacial score (nSPS) is 12.4. The third-order valence-corrected chi connectivity index (χ3v) is 4.56. The number of hydrogen-bond acceptors (Lipinski definition) is 5. The molecule has 0 saturated carbocycles. The van der Waals surface area contributed by atoms with Gasteiger partial charge in [0.2, 0.25) is 0 Å². The second kappa shape index (κ2) is 7.74. The van der Waals surface area contributed by atoms with Crippen molar-refractivity contribution in [2.75, 3.05) is 0 Å². The number of rotatable bonds is 5. The van der Waals surface area contributed by atoms with Gasteiger partial charge in [-0.3, -0.25) is 4.79 Å². The van der Waals surface area contributed by atoms with Crippen molar-refractivity contribution in [2.45, 2.75) is 13.0 Å². The van der Waals surface area contributed by atoms with E-state index in [1.807, 2.05) is 22.6 Å². The summed E-state index contributed by atoms with van der Waals surface area (Å²) in [6.45, 7) is 1.44. The van der Waals surface area contributed by atoms with Crippen LogP contribution in [0.25, 0.3) is 10.9 Å². The molecule has 3 aromatic rings. The highest BCUT2D eigenvalue weighted by atomic mass is 127. The minimum Gasteiger partial charge on any atom is -0.479 e. The van der Waals surface area contributed by atoms with Crippen molar-refractivity contribution < 1.29 is 14.6 Å². The maximum atomic E-state index is 12.4. The molecule has 0 unspecified atom stereocenters. The van der Waals surface area contributed by atoms with E-state index in [0.717, 1.165) is 4.68 Å². The maximum absolute atomic E-state index is 12.4. The molecular weight excluding hydrogens is 465 g/mol. The van der Waals surface area contributed by atoms with Crippen LogP contribution in [0.4, 0.5) is 0 Å². The molecule has 0 aliphatic heterocycles. The summed E-state index contributed by atoms with van der Waals surface area (Å²) in [6.07, 6.45) is 0.394. The summed E-state index contributed by atoms with van der Waals surface area (Å²) in [5.41, 5.74) is -0.0906. The van der Waals surface area contributed by atoms with Crippen LogP contribution in [0, 0.1) is 3.57 Å². The van der Waals surface area contributed by atoms with Crippen molar-refractivity contribution in [1.29, 1.82) is 0 Å². The van der Waals surface area contributed by atoms with Crippen LogP contribution < -0.4 is 16.0 Å². The Bertz CT molecular complexity index is 1170. The Labute approximate surface area is 166 Å². The number of halogens is 1. The maximum Gasteiger partial charge on any atom is 0.349 e. The van der Waals surface area contributed by atoms with Gasteiger partial charge in [0.25, 0.3) is 5.56 Å². The van der Waals surface area contributed by atoms with E-state index in [1.165, 1.54) is 13.1 Å². The van der Waals surface area contributed by atoms with Crippen LogP contribution in [0.15, 0.2) is 57.2 Å². The third kappa shape index (κ3) is 4.08. The second-order valence-corrected chi connectivity index (χ2v) is 6.79. The lowest BCUT2D eigenvalue weighted by atomic mass is 10.2. The summed E-state index contributed by atoms with van der Waals surface area (Å²) >= 11 is 2.01. The predicted octanol–water partition coefficient (Wildman–Crippen LogP) is 2.03. The van der Waals surface area contributed by atoms with Crippen molar-refractivity contribution in [1.82, 2.24) is 9.66 Å². The summed E-state index contributed by atoms with van der Waals surface area (Å²) in [5, 5.41) is 13.3. The largest absolute Gasteiger partial charge is 0.479 e. The summed E-state index contributed by atoms with van der Waals surface area (Å²) in [5.74, 6) is -0.644. The fourth-order valence-corrected chi connectivity index (χ4v) is 2.98. The van der Waals surface area contributed by atoms with Crippen LogP contribution >= 0.6 is 22.6 Å². The summed E-state index contributed by atoms with van der Waals surface area (Å²) in [6, 6.07) is 11.6. The Kier molecular flexibility index (Phi) is 5.40. The number of carbonyl (C=O) groups is 1. The van der Waals surface area contributed by atoms with Crippen LogP contribution in [0.3, 0.4) is 0 Å². The molecule has 0 spiro atoms. The zero-order valence-corrected chi connectivity index (χ0v) is 16.2. The van der Waals surface area contributed by atoms with E-state index in [1.54, 1.807) is 42.5 Å². The Morgan fingerprint density at radius 2 is 2.04 bits per heavy atom. The number of nitrogens with one attached hydrogen (secondary N) is 1. The number of nitrogens with zero attached hydrogens (tertiary/aromatic N) is 2. The number of benzene rings is 2. The topological polar surface area (TPSA) is 114 Å². The highest BCUT2D eigenvalue weighted by Crippen LogP contribution is 2.22. The molecule has 0 saturated heterocycles. The molecule has 27 heavy (non-hydrogen) atoms. The lowest BCUT2D eigenvalue weighted by Crippen LogP contribution is -2.32. The Balaban J connectivity index is 1.92. The number of aromatic nitrogens is 2. The van der Waals surface area contributed by atoms with E-state index in [-0.39, 0.29) is 0 Å². The van der Waals surface area contributed by atoms with Crippen molar-refractivity contribution in [3.63, 3.8) is 0 Å². The lowest BCUT2D eigenvalue weighted by molar-refractivity contribution is -0.144. The van der Waals surface area contributed by atoms with Crippen LogP contribution in [-0.2, 0) is 4.79 Å². The molecule has 1 atom stereocenters. The number of fused-ring (bicyclic) bond motifs is 1. The number of H-pyrrole nitrogens is 1. The van der Waals surface area contributed by atoms with Crippen molar-refractivity contribution in [2.24, 2.45) is 5.10 Å². The van der Waals surface area contributed by atoms with E-state index in [2.05, 4.69) is 10.1 Å². The molecule has 0 aliphatic rings. The summed E-state index contributed by atoms with van der Waals surface area (Å²) in [7, 11) is 0. The van der Waals surface area contributed by atoms with Gasteiger partial charge in [-0.2, -0.15) is 5.10 Å². The minimum atomic E-state index is -1.06. The van der Waals surface area contributed by atoms with E-state index in [9.17, 15) is 14.4 Å². The number of para-hydroxylation sites is 1. The van der Waals surface area contributed by atoms with E-state index < -0.39 is 23.3 Å². The molecule has 2 aromatic carbocycles. The van der Waals surface area contributed by atoms with Crippen LogP contribution in [0.5, 0.6) is 5.75 Å². The van der Waals surface area contributed by atoms with Gasteiger partial charge in [-0.05, 0) is 65.4 Å². The molecule has 1 aromatic heterocycles. The number of carboxylic acid groups (broad SMARTS) is 1. The number of aliphatic carboxylic acids is 1. The third-order valence-electron chi connectivity index (χ3n) is 3.71. The second-order valence-electron chi connectivity index (χ2n) is 5.63. The Hall–Kier alpha value is -2.95. The first-order chi connectivity index (χ1) is 12.9. The summed E-state index contributed by atoms with van der Waals surface area (Å²) < 4.78 is 6.78. The number of ether oxygens (including phenoxy) is 1.